The minimum Gasteiger partial charge on any atom is -0.388 e. The van der Waals surface area contributed by atoms with Crippen LogP contribution in [0.5, 0.6) is 0 Å². The summed E-state index contributed by atoms with van der Waals surface area (Å²) in [4.78, 5) is 27.7. The first-order valence-corrected chi connectivity index (χ1v) is 6.18. The number of hydrogen-bond donors (Lipinski definition) is 2. The van der Waals surface area contributed by atoms with Gasteiger partial charge in [0, 0.05) is 0 Å². The molecule has 1 aromatic carbocycles. The average molecular weight is 259 g/mol. The molecule has 1 aliphatic heterocycles. The zero-order valence-corrected chi connectivity index (χ0v) is 10.2. The molecule has 0 bridgehead atoms. The lowest BCUT2D eigenvalue weighted by Crippen LogP contribution is -2.35. The number of rotatable bonds is 2. The van der Waals surface area contributed by atoms with E-state index in [1.54, 1.807) is 24.3 Å². The van der Waals surface area contributed by atoms with Gasteiger partial charge in [-0.15, -0.1) is 0 Å². The van der Waals surface area contributed by atoms with Crippen LogP contribution in [-0.4, -0.2) is 23.5 Å². The van der Waals surface area contributed by atoms with E-state index in [-0.39, 0.29) is 18.0 Å². The first-order chi connectivity index (χ1) is 9.24. The van der Waals surface area contributed by atoms with E-state index >= 15 is 0 Å². The number of anilines is 1. The maximum absolute atomic E-state index is 11.9. The Morgan fingerprint density at radius 2 is 2.26 bits per heavy atom. The monoisotopic (exact) mass is 259 g/mol. The van der Waals surface area contributed by atoms with E-state index < -0.39 is 5.63 Å². The number of nitrogens with one attached hydrogen (secondary N) is 2. The molecule has 0 saturated carbocycles. The topological polar surface area (TPSA) is 84.2 Å². The first kappa shape index (κ1) is 11.9. The number of amides is 1. The van der Waals surface area contributed by atoms with Gasteiger partial charge in [0.1, 0.15) is 0 Å². The summed E-state index contributed by atoms with van der Waals surface area (Å²) < 4.78 is 4.99. The van der Waals surface area contributed by atoms with E-state index in [2.05, 4.69) is 15.6 Å². The minimum absolute atomic E-state index is 0.0533. The van der Waals surface area contributed by atoms with Crippen molar-refractivity contribution in [2.24, 2.45) is 0 Å². The zero-order valence-electron chi connectivity index (χ0n) is 10.2. The molecule has 1 aliphatic rings. The molecule has 0 spiro atoms. The summed E-state index contributed by atoms with van der Waals surface area (Å²) in [6.45, 7) is 0.827. The lowest BCUT2D eigenvalue weighted by atomic mass is 10.2. The molecule has 0 unspecified atom stereocenters. The highest BCUT2D eigenvalue weighted by Gasteiger charge is 2.23. The van der Waals surface area contributed by atoms with E-state index in [0.29, 0.717) is 10.9 Å². The van der Waals surface area contributed by atoms with E-state index in [0.717, 1.165) is 19.4 Å². The maximum atomic E-state index is 11.9. The van der Waals surface area contributed by atoms with Gasteiger partial charge in [-0.25, -0.2) is 4.79 Å². The van der Waals surface area contributed by atoms with Crippen LogP contribution in [0, 0.1) is 0 Å². The molecule has 98 valence electrons. The molecule has 2 N–H and O–H groups in total. The molecule has 0 radical (unpaired) electrons. The van der Waals surface area contributed by atoms with E-state index in [9.17, 15) is 9.59 Å². The van der Waals surface area contributed by atoms with Gasteiger partial charge in [-0.3, -0.25) is 10.1 Å². The smallest absolute Gasteiger partial charge is 0.348 e. The Labute approximate surface area is 108 Å². The third-order valence-corrected chi connectivity index (χ3v) is 3.14. The highest BCUT2D eigenvalue weighted by atomic mass is 16.4. The van der Waals surface area contributed by atoms with Crippen LogP contribution < -0.4 is 16.3 Å². The van der Waals surface area contributed by atoms with Crippen LogP contribution in [0.25, 0.3) is 10.9 Å². The number of carbonyl (C=O) groups is 1. The lowest BCUT2D eigenvalue weighted by Gasteiger charge is -2.09. The molecule has 6 nitrogen and oxygen atoms in total. The molecular weight excluding hydrogens is 246 g/mol. The van der Waals surface area contributed by atoms with Gasteiger partial charge >= 0.3 is 11.6 Å². The second kappa shape index (κ2) is 4.81. The van der Waals surface area contributed by atoms with Crippen LogP contribution in [0.3, 0.4) is 0 Å². The lowest BCUT2D eigenvalue weighted by molar-refractivity contribution is -0.117. The molecule has 3 rings (SSSR count). The first-order valence-electron chi connectivity index (χ1n) is 6.18. The fraction of sp³-hybridized carbons (Fsp3) is 0.308. The van der Waals surface area contributed by atoms with Crippen molar-refractivity contribution in [3.63, 3.8) is 0 Å². The normalized spacial score (nSPS) is 18.6. The van der Waals surface area contributed by atoms with Gasteiger partial charge in [-0.1, -0.05) is 12.1 Å². The SMILES string of the molecule is O=C(Nc1nc2ccccc2c(=O)o1)[C@@H]1CCCN1. The Balaban J connectivity index is 1.89. The number of benzene rings is 1. The molecule has 2 heterocycles. The van der Waals surface area contributed by atoms with Crippen LogP contribution in [0.15, 0.2) is 33.5 Å². The Morgan fingerprint density at radius 3 is 3.05 bits per heavy atom. The predicted molar refractivity (Wildman–Crippen MR) is 69.9 cm³/mol. The van der Waals surface area contributed by atoms with Crippen molar-refractivity contribution < 1.29 is 9.21 Å². The molecule has 6 heteroatoms. The molecule has 0 aliphatic carbocycles. The molecule has 2 aromatic rings. The van der Waals surface area contributed by atoms with Crippen LogP contribution in [-0.2, 0) is 4.79 Å². The quantitative estimate of drug-likeness (QED) is 0.836. The molecule has 1 aromatic heterocycles. The van der Waals surface area contributed by atoms with Crippen LogP contribution >= 0.6 is 0 Å². The zero-order chi connectivity index (χ0) is 13.2. The number of para-hydroxylation sites is 1. The van der Waals surface area contributed by atoms with Crippen molar-refractivity contribution in [1.29, 1.82) is 0 Å². The van der Waals surface area contributed by atoms with Gasteiger partial charge in [-0.05, 0) is 31.5 Å². The van der Waals surface area contributed by atoms with Gasteiger partial charge in [-0.2, -0.15) is 4.98 Å². The fourth-order valence-corrected chi connectivity index (χ4v) is 2.17. The summed E-state index contributed by atoms with van der Waals surface area (Å²) >= 11 is 0. The second-order valence-corrected chi connectivity index (χ2v) is 4.46. The Hall–Kier alpha value is -2.21. The number of hydrogen-bond acceptors (Lipinski definition) is 5. The summed E-state index contributed by atoms with van der Waals surface area (Å²) in [5, 5.41) is 6.01. The summed E-state index contributed by atoms with van der Waals surface area (Å²) in [6, 6.07) is 6.56. The highest BCUT2D eigenvalue weighted by molar-refractivity contribution is 5.93. The number of fused-ring (bicyclic) bond motifs is 1. The molecular formula is C13H13N3O3. The Bertz CT molecular complexity index is 674. The van der Waals surface area contributed by atoms with Crippen LogP contribution in [0.4, 0.5) is 6.01 Å². The standard InChI is InChI=1S/C13H13N3O3/c17-11(10-6-3-7-14-10)16-13-15-9-5-2-1-4-8(9)12(18)19-13/h1-2,4-5,10,14H,3,6-7H2,(H,15,16,17)/t10-/m0/s1. The van der Waals surface area contributed by atoms with E-state index in [1.807, 2.05) is 0 Å². The van der Waals surface area contributed by atoms with Crippen molar-refractivity contribution in [2.75, 3.05) is 11.9 Å². The Kier molecular flexibility index (Phi) is 3.00. The number of aromatic nitrogens is 1. The third-order valence-electron chi connectivity index (χ3n) is 3.14. The third kappa shape index (κ3) is 2.34. The average Bonchev–Trinajstić information content (AvgIpc) is 2.93. The van der Waals surface area contributed by atoms with Crippen molar-refractivity contribution in [3.8, 4) is 0 Å². The molecule has 1 amide bonds. The largest absolute Gasteiger partial charge is 0.388 e. The molecule has 1 saturated heterocycles. The van der Waals surface area contributed by atoms with E-state index in [4.69, 9.17) is 4.42 Å². The van der Waals surface area contributed by atoms with Crippen LogP contribution in [0.1, 0.15) is 12.8 Å². The van der Waals surface area contributed by atoms with Crippen molar-refractivity contribution >= 4 is 22.8 Å². The fourth-order valence-electron chi connectivity index (χ4n) is 2.17. The number of carbonyl (C=O) groups excluding carboxylic acids is 1. The highest BCUT2D eigenvalue weighted by Crippen LogP contribution is 2.12. The Morgan fingerprint density at radius 1 is 1.42 bits per heavy atom. The van der Waals surface area contributed by atoms with Gasteiger partial charge in [0.05, 0.1) is 16.9 Å². The van der Waals surface area contributed by atoms with Crippen LogP contribution in [0.2, 0.25) is 0 Å². The van der Waals surface area contributed by atoms with Crippen molar-refractivity contribution in [2.45, 2.75) is 18.9 Å². The van der Waals surface area contributed by atoms with Gasteiger partial charge in [0.15, 0.2) is 0 Å². The summed E-state index contributed by atoms with van der Waals surface area (Å²) in [5.74, 6) is -0.219. The van der Waals surface area contributed by atoms with Crippen molar-refractivity contribution in [3.05, 3.63) is 34.7 Å². The second-order valence-electron chi connectivity index (χ2n) is 4.46. The maximum Gasteiger partial charge on any atom is 0.348 e. The van der Waals surface area contributed by atoms with Gasteiger partial charge in [0.2, 0.25) is 5.91 Å². The number of nitrogens with zero attached hydrogens (tertiary/aromatic N) is 1. The summed E-state index contributed by atoms with van der Waals surface area (Å²) in [6.07, 6.45) is 1.75. The molecule has 1 atom stereocenters. The summed E-state index contributed by atoms with van der Waals surface area (Å²) in [5.41, 5.74) is 0.00807. The summed E-state index contributed by atoms with van der Waals surface area (Å²) in [7, 11) is 0. The van der Waals surface area contributed by atoms with Gasteiger partial charge in [0.25, 0.3) is 0 Å². The molecule has 1 fully saturated rings. The predicted octanol–water partition coefficient (Wildman–Crippen LogP) is 0.878. The van der Waals surface area contributed by atoms with E-state index in [1.165, 1.54) is 0 Å². The minimum atomic E-state index is -0.500. The molecule has 19 heavy (non-hydrogen) atoms. The van der Waals surface area contributed by atoms with Gasteiger partial charge < -0.3 is 9.73 Å². The van der Waals surface area contributed by atoms with Crippen molar-refractivity contribution in [1.82, 2.24) is 10.3 Å².